The van der Waals surface area contributed by atoms with Gasteiger partial charge in [0.2, 0.25) is 11.8 Å². The van der Waals surface area contributed by atoms with Gasteiger partial charge in [0.25, 0.3) is 0 Å². The molecule has 0 bridgehead atoms. The van der Waals surface area contributed by atoms with Crippen LogP contribution in [0.1, 0.15) is 58.8 Å². The molecule has 1 aliphatic carbocycles. The Labute approximate surface area is 134 Å². The number of carbonyl (C=O) groups is 2. The Morgan fingerprint density at radius 1 is 1.14 bits per heavy atom. The molecule has 0 atom stereocenters. The summed E-state index contributed by atoms with van der Waals surface area (Å²) in [6.45, 7) is 8.13. The molecule has 2 aliphatic heterocycles. The SMILES string of the molecule is CC1(C)CC(C(=O)N2CCC(CN3CCCCC3=O)CC2)C1. The molecule has 22 heavy (non-hydrogen) atoms. The van der Waals surface area contributed by atoms with Crippen molar-refractivity contribution in [1.82, 2.24) is 9.80 Å². The van der Waals surface area contributed by atoms with Gasteiger partial charge in [-0.25, -0.2) is 0 Å². The Kier molecular flexibility index (Phi) is 4.47. The quantitative estimate of drug-likeness (QED) is 0.804. The molecular formula is C18H30N2O2. The van der Waals surface area contributed by atoms with Crippen molar-refractivity contribution in [2.24, 2.45) is 17.3 Å². The zero-order valence-electron chi connectivity index (χ0n) is 14.1. The lowest BCUT2D eigenvalue weighted by atomic mass is 9.64. The van der Waals surface area contributed by atoms with E-state index in [1.54, 1.807) is 0 Å². The smallest absolute Gasteiger partial charge is 0.225 e. The van der Waals surface area contributed by atoms with Crippen LogP contribution in [0.4, 0.5) is 0 Å². The maximum atomic E-state index is 12.5. The lowest BCUT2D eigenvalue weighted by molar-refractivity contribution is -0.144. The van der Waals surface area contributed by atoms with Crippen LogP contribution in [0.5, 0.6) is 0 Å². The molecule has 4 heteroatoms. The first-order valence-electron chi connectivity index (χ1n) is 9.01. The first-order valence-corrected chi connectivity index (χ1v) is 9.01. The zero-order chi connectivity index (χ0) is 15.7. The molecule has 1 saturated carbocycles. The van der Waals surface area contributed by atoms with E-state index in [1.165, 1.54) is 0 Å². The number of hydrogen-bond donors (Lipinski definition) is 0. The maximum Gasteiger partial charge on any atom is 0.225 e. The van der Waals surface area contributed by atoms with E-state index in [1.807, 2.05) is 0 Å². The van der Waals surface area contributed by atoms with E-state index < -0.39 is 0 Å². The summed E-state index contributed by atoms with van der Waals surface area (Å²) in [7, 11) is 0. The molecule has 0 spiro atoms. The van der Waals surface area contributed by atoms with Gasteiger partial charge in [0.05, 0.1) is 0 Å². The van der Waals surface area contributed by atoms with Crippen molar-refractivity contribution in [2.45, 2.75) is 58.8 Å². The van der Waals surface area contributed by atoms with Crippen molar-refractivity contribution >= 4 is 11.8 Å². The summed E-state index contributed by atoms with van der Waals surface area (Å²) < 4.78 is 0. The minimum absolute atomic E-state index is 0.273. The van der Waals surface area contributed by atoms with Crippen LogP contribution in [-0.4, -0.2) is 47.8 Å². The number of amides is 2. The summed E-state index contributed by atoms with van der Waals surface area (Å²) in [5, 5.41) is 0. The van der Waals surface area contributed by atoms with E-state index in [0.717, 1.165) is 71.1 Å². The first kappa shape index (κ1) is 15.8. The van der Waals surface area contributed by atoms with Crippen molar-refractivity contribution in [3.63, 3.8) is 0 Å². The predicted molar refractivity (Wildman–Crippen MR) is 86.2 cm³/mol. The Morgan fingerprint density at radius 2 is 1.82 bits per heavy atom. The molecule has 2 heterocycles. The molecule has 124 valence electrons. The highest BCUT2D eigenvalue weighted by molar-refractivity contribution is 5.80. The number of likely N-dealkylation sites (tertiary alicyclic amines) is 2. The molecule has 0 aromatic carbocycles. The Balaban J connectivity index is 1.42. The second-order valence-corrected chi connectivity index (χ2v) is 8.33. The molecule has 3 aliphatic rings. The van der Waals surface area contributed by atoms with Crippen LogP contribution >= 0.6 is 0 Å². The standard InChI is InChI=1S/C18H30N2O2/c1-18(2)11-15(12-18)17(22)19-9-6-14(7-10-19)13-20-8-4-3-5-16(20)21/h14-15H,3-13H2,1-2H3. The van der Waals surface area contributed by atoms with Gasteiger partial charge < -0.3 is 9.80 Å². The first-order chi connectivity index (χ1) is 10.4. The maximum absolute atomic E-state index is 12.5. The van der Waals surface area contributed by atoms with Gasteiger partial charge >= 0.3 is 0 Å². The van der Waals surface area contributed by atoms with E-state index in [2.05, 4.69) is 23.6 Å². The molecule has 3 rings (SSSR count). The highest BCUT2D eigenvalue weighted by atomic mass is 16.2. The molecule has 0 unspecified atom stereocenters. The van der Waals surface area contributed by atoms with Gasteiger partial charge in [-0.05, 0) is 49.9 Å². The van der Waals surface area contributed by atoms with E-state index >= 15 is 0 Å². The van der Waals surface area contributed by atoms with Crippen LogP contribution in [0.25, 0.3) is 0 Å². The van der Waals surface area contributed by atoms with Crippen LogP contribution < -0.4 is 0 Å². The summed E-state index contributed by atoms with van der Waals surface area (Å²) in [6.07, 6.45) is 7.16. The molecule has 4 nitrogen and oxygen atoms in total. The van der Waals surface area contributed by atoms with Crippen LogP contribution in [0.3, 0.4) is 0 Å². The van der Waals surface area contributed by atoms with Gasteiger partial charge in [-0.15, -0.1) is 0 Å². The third-order valence-corrected chi connectivity index (χ3v) is 5.77. The van der Waals surface area contributed by atoms with Gasteiger partial charge in [0, 0.05) is 38.5 Å². The molecular weight excluding hydrogens is 276 g/mol. The predicted octanol–water partition coefficient (Wildman–Crippen LogP) is 2.67. The monoisotopic (exact) mass is 306 g/mol. The molecule has 0 N–H and O–H groups in total. The summed E-state index contributed by atoms with van der Waals surface area (Å²) in [4.78, 5) is 28.5. The Hall–Kier alpha value is -1.06. The average Bonchev–Trinajstić information content (AvgIpc) is 2.47. The molecule has 0 aromatic heterocycles. The zero-order valence-corrected chi connectivity index (χ0v) is 14.1. The van der Waals surface area contributed by atoms with Gasteiger partial charge in [-0.2, -0.15) is 0 Å². The van der Waals surface area contributed by atoms with E-state index in [9.17, 15) is 9.59 Å². The number of rotatable bonds is 3. The third-order valence-electron chi connectivity index (χ3n) is 5.77. The van der Waals surface area contributed by atoms with E-state index in [-0.39, 0.29) is 5.92 Å². The van der Waals surface area contributed by atoms with Crippen LogP contribution in [0.2, 0.25) is 0 Å². The molecule has 0 radical (unpaired) electrons. The molecule has 0 aromatic rings. The van der Waals surface area contributed by atoms with Gasteiger partial charge in [-0.3, -0.25) is 9.59 Å². The fraction of sp³-hybridized carbons (Fsp3) is 0.889. The molecule has 2 saturated heterocycles. The summed E-state index contributed by atoms with van der Waals surface area (Å²) in [5.74, 6) is 1.58. The summed E-state index contributed by atoms with van der Waals surface area (Å²) >= 11 is 0. The minimum Gasteiger partial charge on any atom is -0.342 e. The van der Waals surface area contributed by atoms with Gasteiger partial charge in [-0.1, -0.05) is 13.8 Å². The summed E-state index contributed by atoms with van der Waals surface area (Å²) in [5.41, 5.74) is 0.368. The van der Waals surface area contributed by atoms with E-state index in [4.69, 9.17) is 0 Å². The van der Waals surface area contributed by atoms with Crippen molar-refractivity contribution < 1.29 is 9.59 Å². The van der Waals surface area contributed by atoms with Crippen molar-refractivity contribution in [3.8, 4) is 0 Å². The van der Waals surface area contributed by atoms with Crippen LogP contribution in [-0.2, 0) is 9.59 Å². The average molecular weight is 306 g/mol. The van der Waals surface area contributed by atoms with Crippen LogP contribution in [0.15, 0.2) is 0 Å². The number of nitrogens with zero attached hydrogens (tertiary/aromatic N) is 2. The topological polar surface area (TPSA) is 40.6 Å². The van der Waals surface area contributed by atoms with Gasteiger partial charge in [0.1, 0.15) is 0 Å². The lowest BCUT2D eigenvalue weighted by Gasteiger charge is -2.45. The Morgan fingerprint density at radius 3 is 2.41 bits per heavy atom. The van der Waals surface area contributed by atoms with Crippen molar-refractivity contribution in [3.05, 3.63) is 0 Å². The summed E-state index contributed by atoms with van der Waals surface area (Å²) in [6, 6.07) is 0. The fourth-order valence-electron chi connectivity index (χ4n) is 4.41. The highest BCUT2D eigenvalue weighted by Gasteiger charge is 2.42. The number of carbonyl (C=O) groups excluding carboxylic acids is 2. The van der Waals surface area contributed by atoms with E-state index in [0.29, 0.717) is 23.1 Å². The second-order valence-electron chi connectivity index (χ2n) is 8.33. The van der Waals surface area contributed by atoms with Crippen molar-refractivity contribution in [2.75, 3.05) is 26.2 Å². The lowest BCUT2D eigenvalue weighted by Crippen LogP contribution is -2.49. The fourth-order valence-corrected chi connectivity index (χ4v) is 4.41. The molecule has 2 amide bonds. The highest BCUT2D eigenvalue weighted by Crippen LogP contribution is 2.45. The number of piperidine rings is 2. The number of hydrogen-bond acceptors (Lipinski definition) is 2. The van der Waals surface area contributed by atoms with Crippen LogP contribution in [0, 0.1) is 17.3 Å². The normalized spacial score (nSPS) is 26.9. The minimum atomic E-state index is 0.273. The largest absolute Gasteiger partial charge is 0.342 e. The van der Waals surface area contributed by atoms with Crippen molar-refractivity contribution in [1.29, 1.82) is 0 Å². The van der Waals surface area contributed by atoms with Gasteiger partial charge in [0.15, 0.2) is 0 Å². The Bertz CT molecular complexity index is 430. The second kappa shape index (κ2) is 6.21. The molecule has 3 fully saturated rings. The third kappa shape index (κ3) is 3.47.